The van der Waals surface area contributed by atoms with Gasteiger partial charge in [0.15, 0.2) is 6.61 Å². The number of likely N-dealkylation sites (tertiary alicyclic amines) is 1. The van der Waals surface area contributed by atoms with Crippen LogP contribution >= 0.6 is 0 Å². The Labute approximate surface area is 124 Å². The summed E-state index contributed by atoms with van der Waals surface area (Å²) in [5.74, 6) is 0.540. The zero-order valence-electron chi connectivity index (χ0n) is 11.7. The minimum Gasteiger partial charge on any atom is -0.479 e. The Morgan fingerprint density at radius 2 is 2.24 bits per heavy atom. The highest BCUT2D eigenvalue weighted by atomic mass is 16.5. The number of nitriles is 1. The third kappa shape index (κ3) is 4.62. The van der Waals surface area contributed by atoms with Gasteiger partial charge in [-0.2, -0.15) is 5.26 Å². The lowest BCUT2D eigenvalue weighted by Gasteiger charge is -2.29. The van der Waals surface area contributed by atoms with E-state index in [-0.39, 0.29) is 12.5 Å². The summed E-state index contributed by atoms with van der Waals surface area (Å²) in [6, 6.07) is 9.06. The second kappa shape index (κ2) is 7.46. The van der Waals surface area contributed by atoms with Gasteiger partial charge in [0.25, 0.3) is 0 Å². The number of hydrogen-bond donors (Lipinski definition) is 1. The van der Waals surface area contributed by atoms with Crippen molar-refractivity contribution in [1.29, 1.82) is 5.26 Å². The van der Waals surface area contributed by atoms with E-state index in [9.17, 15) is 9.90 Å². The molecule has 110 valence electrons. The van der Waals surface area contributed by atoms with Crippen LogP contribution in [0.1, 0.15) is 18.4 Å². The van der Waals surface area contributed by atoms with Crippen LogP contribution in [0.3, 0.4) is 0 Å². The largest absolute Gasteiger partial charge is 0.479 e. The number of rotatable bonds is 4. The first kappa shape index (κ1) is 15.1. The lowest BCUT2D eigenvalue weighted by molar-refractivity contribution is -0.128. The van der Waals surface area contributed by atoms with Crippen molar-refractivity contribution >= 4 is 12.0 Å². The molecule has 1 aliphatic rings. The molecule has 2 rings (SSSR count). The van der Waals surface area contributed by atoms with Crippen molar-refractivity contribution in [3.05, 3.63) is 35.9 Å². The molecule has 0 aliphatic carbocycles. The lowest BCUT2D eigenvalue weighted by atomic mass is 10.1. The number of hydrogen-bond acceptors (Lipinski definition) is 4. The van der Waals surface area contributed by atoms with Crippen LogP contribution in [-0.2, 0) is 4.79 Å². The Morgan fingerprint density at radius 3 is 2.90 bits per heavy atom. The van der Waals surface area contributed by atoms with Crippen molar-refractivity contribution in [3.8, 4) is 11.8 Å². The Kier molecular flexibility index (Phi) is 5.35. The summed E-state index contributed by atoms with van der Waals surface area (Å²) in [5.41, 5.74) is 0.880. The Morgan fingerprint density at radius 1 is 1.48 bits per heavy atom. The normalized spacial score (nSPS) is 18.5. The van der Waals surface area contributed by atoms with E-state index in [0.717, 1.165) is 18.4 Å². The smallest absolute Gasteiger partial charge is 0.246 e. The van der Waals surface area contributed by atoms with Crippen molar-refractivity contribution in [3.63, 3.8) is 0 Å². The van der Waals surface area contributed by atoms with Gasteiger partial charge < -0.3 is 14.7 Å². The highest BCUT2D eigenvalue weighted by Crippen LogP contribution is 2.14. The molecule has 1 atom stereocenters. The molecule has 5 nitrogen and oxygen atoms in total. The number of β-amino-alcohol motifs (C(OH)–C–C–N with tert-alkyl or cyclic N) is 1. The topological polar surface area (TPSA) is 73.6 Å². The van der Waals surface area contributed by atoms with Gasteiger partial charge in [0.05, 0.1) is 6.10 Å². The number of benzene rings is 1. The van der Waals surface area contributed by atoms with Crippen LogP contribution < -0.4 is 4.74 Å². The average Bonchev–Trinajstić information content (AvgIpc) is 2.51. The summed E-state index contributed by atoms with van der Waals surface area (Å²) in [7, 11) is 0. The van der Waals surface area contributed by atoms with E-state index < -0.39 is 6.10 Å². The van der Waals surface area contributed by atoms with Gasteiger partial charge in [-0.25, -0.2) is 0 Å². The number of ether oxygens (including phenoxy) is 1. The van der Waals surface area contributed by atoms with E-state index >= 15 is 0 Å². The van der Waals surface area contributed by atoms with E-state index in [1.165, 1.54) is 6.08 Å². The lowest BCUT2D eigenvalue weighted by Crippen LogP contribution is -2.41. The average molecular weight is 286 g/mol. The Hall–Kier alpha value is -2.32. The van der Waals surface area contributed by atoms with E-state index in [1.54, 1.807) is 23.1 Å². The zero-order chi connectivity index (χ0) is 15.1. The molecule has 0 saturated carbocycles. The Balaban J connectivity index is 1.91. The number of aliphatic hydroxyl groups excluding tert-OH is 1. The molecule has 1 saturated heterocycles. The first-order chi connectivity index (χ1) is 10.2. The summed E-state index contributed by atoms with van der Waals surface area (Å²) in [6.45, 7) is 1.12. The molecular formula is C16H18N2O3. The van der Waals surface area contributed by atoms with Gasteiger partial charge in [-0.15, -0.1) is 0 Å². The number of amides is 1. The van der Waals surface area contributed by atoms with Crippen molar-refractivity contribution in [2.45, 2.75) is 18.9 Å². The number of aliphatic hydroxyl groups is 1. The summed E-state index contributed by atoms with van der Waals surface area (Å²) >= 11 is 0. The van der Waals surface area contributed by atoms with E-state index in [1.807, 2.05) is 18.2 Å². The standard InChI is InChI=1S/C16H18N2O3/c17-9-11-21-15-6-3-13(4-7-15)5-8-16(20)18-10-1-2-14(19)12-18/h3-8,14,19H,1-2,10-12H2/b8-5+. The fourth-order valence-corrected chi connectivity index (χ4v) is 2.22. The summed E-state index contributed by atoms with van der Waals surface area (Å²) < 4.78 is 5.15. The summed E-state index contributed by atoms with van der Waals surface area (Å²) in [4.78, 5) is 13.7. The predicted molar refractivity (Wildman–Crippen MR) is 78.4 cm³/mol. The van der Waals surface area contributed by atoms with Crippen LogP contribution in [0.25, 0.3) is 6.08 Å². The molecule has 1 amide bonds. The molecule has 0 spiro atoms. The molecule has 1 unspecified atom stereocenters. The number of carbonyl (C=O) groups excluding carboxylic acids is 1. The second-order valence-corrected chi connectivity index (χ2v) is 4.93. The molecule has 1 aromatic rings. The number of piperidine rings is 1. The minimum atomic E-state index is -0.410. The quantitative estimate of drug-likeness (QED) is 0.853. The predicted octanol–water partition coefficient (Wildman–Crippen LogP) is 1.59. The monoisotopic (exact) mass is 286 g/mol. The van der Waals surface area contributed by atoms with Crippen molar-refractivity contribution in [2.24, 2.45) is 0 Å². The van der Waals surface area contributed by atoms with Gasteiger partial charge in [-0.3, -0.25) is 4.79 Å². The van der Waals surface area contributed by atoms with Gasteiger partial charge in [-0.05, 0) is 36.6 Å². The van der Waals surface area contributed by atoms with Crippen LogP contribution in [0, 0.1) is 11.3 Å². The van der Waals surface area contributed by atoms with Crippen LogP contribution in [0.2, 0.25) is 0 Å². The molecule has 1 aliphatic heterocycles. The van der Waals surface area contributed by atoms with Gasteiger partial charge in [0.2, 0.25) is 5.91 Å². The molecule has 1 heterocycles. The third-order valence-corrected chi connectivity index (χ3v) is 3.31. The summed E-state index contributed by atoms with van der Waals surface area (Å²) in [5, 5.41) is 18.0. The molecule has 0 radical (unpaired) electrons. The van der Waals surface area contributed by atoms with Crippen LogP contribution in [0.5, 0.6) is 5.75 Å². The van der Waals surface area contributed by atoms with Crippen molar-refractivity contribution < 1.29 is 14.6 Å². The van der Waals surface area contributed by atoms with Crippen LogP contribution in [-0.4, -0.2) is 41.7 Å². The van der Waals surface area contributed by atoms with Gasteiger partial charge in [-0.1, -0.05) is 12.1 Å². The van der Waals surface area contributed by atoms with Gasteiger partial charge in [0, 0.05) is 19.2 Å². The molecule has 1 fully saturated rings. The van der Waals surface area contributed by atoms with Crippen molar-refractivity contribution in [2.75, 3.05) is 19.7 Å². The van der Waals surface area contributed by atoms with E-state index in [0.29, 0.717) is 18.8 Å². The van der Waals surface area contributed by atoms with E-state index in [4.69, 9.17) is 10.00 Å². The molecule has 0 bridgehead atoms. The molecule has 21 heavy (non-hydrogen) atoms. The highest BCUT2D eigenvalue weighted by Gasteiger charge is 2.20. The van der Waals surface area contributed by atoms with Crippen molar-refractivity contribution in [1.82, 2.24) is 4.90 Å². The second-order valence-electron chi connectivity index (χ2n) is 4.93. The summed E-state index contributed by atoms with van der Waals surface area (Å²) in [6.07, 6.45) is 4.44. The number of nitrogens with zero attached hydrogens (tertiary/aromatic N) is 2. The SMILES string of the molecule is N#CCOc1ccc(/C=C/C(=O)N2CCCC(O)C2)cc1. The molecule has 0 aromatic heterocycles. The van der Waals surface area contributed by atoms with Crippen LogP contribution in [0.4, 0.5) is 0 Å². The molecular weight excluding hydrogens is 268 g/mol. The maximum absolute atomic E-state index is 12.0. The number of carbonyl (C=O) groups is 1. The molecule has 1 aromatic carbocycles. The third-order valence-electron chi connectivity index (χ3n) is 3.31. The highest BCUT2D eigenvalue weighted by molar-refractivity contribution is 5.91. The zero-order valence-corrected chi connectivity index (χ0v) is 11.7. The van der Waals surface area contributed by atoms with Crippen LogP contribution in [0.15, 0.2) is 30.3 Å². The fraction of sp³-hybridized carbons (Fsp3) is 0.375. The first-order valence-electron chi connectivity index (χ1n) is 6.94. The molecule has 1 N–H and O–H groups in total. The maximum Gasteiger partial charge on any atom is 0.246 e. The van der Waals surface area contributed by atoms with Gasteiger partial charge in [0.1, 0.15) is 11.8 Å². The minimum absolute atomic E-state index is 0.0188. The first-order valence-corrected chi connectivity index (χ1v) is 6.94. The fourth-order valence-electron chi connectivity index (χ4n) is 2.22. The molecule has 5 heteroatoms. The van der Waals surface area contributed by atoms with Gasteiger partial charge >= 0.3 is 0 Å². The maximum atomic E-state index is 12.0. The Bertz CT molecular complexity index is 546. The van der Waals surface area contributed by atoms with E-state index in [2.05, 4.69) is 0 Å².